The lowest BCUT2D eigenvalue weighted by Crippen LogP contribution is -2.51. The number of carbonyl (C=O) groups is 1. The number of carbonyl (C=O) groups excluding carboxylic acids is 1. The van der Waals surface area contributed by atoms with Gasteiger partial charge in [0.05, 0.1) is 29.5 Å². The molecule has 3 rings (SSSR count). The number of aliphatic imine (C=N–C) groups is 1. The topological polar surface area (TPSA) is 80.4 Å². The smallest absolute Gasteiger partial charge is 0.229 e. The van der Waals surface area contributed by atoms with E-state index in [2.05, 4.69) is 15.3 Å². The number of pyridine rings is 1. The van der Waals surface area contributed by atoms with E-state index in [0.717, 1.165) is 37.8 Å². The molecule has 0 radical (unpaired) electrons. The fraction of sp³-hybridized carbons (Fsp3) is 0.550. The highest BCUT2D eigenvalue weighted by Gasteiger charge is 2.48. The quantitative estimate of drug-likeness (QED) is 0.847. The fourth-order valence-corrected chi connectivity index (χ4v) is 4.44. The van der Waals surface area contributed by atoms with Crippen molar-refractivity contribution >= 4 is 17.8 Å². The number of hydrogen-bond donors (Lipinski definition) is 2. The minimum Gasteiger partial charge on any atom is -0.383 e. The van der Waals surface area contributed by atoms with E-state index in [1.807, 2.05) is 26.1 Å². The Morgan fingerprint density at radius 3 is 2.73 bits per heavy atom. The number of primary amides is 1. The molecule has 140 valence electrons. The lowest BCUT2D eigenvalue weighted by atomic mass is 9.62. The van der Waals surface area contributed by atoms with Crippen LogP contribution in [-0.2, 0) is 4.79 Å². The van der Waals surface area contributed by atoms with E-state index in [-0.39, 0.29) is 23.7 Å². The second kappa shape index (κ2) is 7.56. The molecule has 1 aliphatic heterocycles. The van der Waals surface area contributed by atoms with Crippen LogP contribution in [0.2, 0.25) is 0 Å². The normalized spacial score (nSPS) is 31.3. The van der Waals surface area contributed by atoms with Crippen LogP contribution in [0.25, 0.3) is 0 Å². The molecule has 0 aromatic carbocycles. The van der Waals surface area contributed by atoms with Gasteiger partial charge in [-0.2, -0.15) is 0 Å². The summed E-state index contributed by atoms with van der Waals surface area (Å²) in [4.78, 5) is 20.8. The highest BCUT2D eigenvalue weighted by atomic mass is 19.1. The van der Waals surface area contributed by atoms with Gasteiger partial charge >= 0.3 is 0 Å². The number of hydrogen-bond acceptors (Lipinski definition) is 4. The van der Waals surface area contributed by atoms with Crippen molar-refractivity contribution in [2.24, 2.45) is 28.0 Å². The Kier molecular flexibility index (Phi) is 5.39. The Balaban J connectivity index is 1.62. The van der Waals surface area contributed by atoms with Crippen molar-refractivity contribution in [2.75, 3.05) is 11.9 Å². The zero-order valence-electron chi connectivity index (χ0n) is 15.4. The molecule has 5 nitrogen and oxygen atoms in total. The minimum absolute atomic E-state index is 0.123. The number of allylic oxidation sites excluding steroid dienone is 1. The van der Waals surface area contributed by atoms with Crippen molar-refractivity contribution < 1.29 is 9.18 Å². The summed E-state index contributed by atoms with van der Waals surface area (Å²) in [6.45, 7) is 4.73. The van der Waals surface area contributed by atoms with Gasteiger partial charge in [0.15, 0.2) is 0 Å². The molecule has 0 spiro atoms. The molecule has 3 N–H and O–H groups in total. The van der Waals surface area contributed by atoms with Crippen LogP contribution in [0.4, 0.5) is 10.1 Å². The monoisotopic (exact) mass is 358 g/mol. The maximum atomic E-state index is 13.2. The van der Waals surface area contributed by atoms with Crippen molar-refractivity contribution in [3.05, 3.63) is 35.9 Å². The Labute approximate surface area is 154 Å². The first-order valence-corrected chi connectivity index (χ1v) is 9.28. The summed E-state index contributed by atoms with van der Waals surface area (Å²) in [6, 6.07) is 1.33. The van der Waals surface area contributed by atoms with E-state index in [4.69, 9.17) is 5.73 Å². The third kappa shape index (κ3) is 3.64. The van der Waals surface area contributed by atoms with E-state index in [0.29, 0.717) is 11.6 Å². The molecular formula is C20H27FN4O. The molecule has 1 fully saturated rings. The predicted octanol–water partition coefficient (Wildman–Crippen LogP) is 3.33. The van der Waals surface area contributed by atoms with Crippen molar-refractivity contribution in [2.45, 2.75) is 45.6 Å². The summed E-state index contributed by atoms with van der Waals surface area (Å²) >= 11 is 0. The highest BCUT2D eigenvalue weighted by molar-refractivity contribution is 5.89. The molecule has 1 amide bonds. The number of aromatic nitrogens is 1. The Morgan fingerprint density at radius 2 is 2.08 bits per heavy atom. The van der Waals surface area contributed by atoms with Gasteiger partial charge in [-0.05, 0) is 56.9 Å². The van der Waals surface area contributed by atoms with E-state index in [1.54, 1.807) is 6.20 Å². The Morgan fingerprint density at radius 1 is 1.35 bits per heavy atom. The summed E-state index contributed by atoms with van der Waals surface area (Å²) in [5.74, 6) is 0.103. The lowest BCUT2D eigenvalue weighted by Gasteiger charge is -2.44. The molecular weight excluding hydrogens is 331 g/mol. The zero-order valence-corrected chi connectivity index (χ0v) is 15.4. The van der Waals surface area contributed by atoms with Gasteiger partial charge < -0.3 is 11.1 Å². The lowest BCUT2D eigenvalue weighted by molar-refractivity contribution is -0.129. The summed E-state index contributed by atoms with van der Waals surface area (Å²) in [6.07, 6.45) is 10.6. The van der Waals surface area contributed by atoms with Gasteiger partial charge in [-0.3, -0.25) is 14.8 Å². The van der Waals surface area contributed by atoms with Crippen molar-refractivity contribution in [1.29, 1.82) is 0 Å². The molecule has 2 heterocycles. The van der Waals surface area contributed by atoms with Gasteiger partial charge in [0.2, 0.25) is 5.91 Å². The van der Waals surface area contributed by atoms with Crippen LogP contribution in [0.1, 0.15) is 39.5 Å². The van der Waals surface area contributed by atoms with Gasteiger partial charge in [0, 0.05) is 18.8 Å². The van der Waals surface area contributed by atoms with Crippen LogP contribution in [0.3, 0.4) is 0 Å². The minimum atomic E-state index is -0.677. The first kappa shape index (κ1) is 18.5. The number of anilines is 1. The first-order valence-electron chi connectivity index (χ1n) is 9.28. The molecule has 26 heavy (non-hydrogen) atoms. The summed E-state index contributed by atoms with van der Waals surface area (Å²) in [7, 11) is 0. The van der Waals surface area contributed by atoms with E-state index in [1.165, 1.54) is 12.3 Å². The highest BCUT2D eigenvalue weighted by Crippen LogP contribution is 2.46. The molecule has 1 saturated carbocycles. The summed E-state index contributed by atoms with van der Waals surface area (Å²) < 4.78 is 13.2. The van der Waals surface area contributed by atoms with Crippen molar-refractivity contribution in [1.82, 2.24) is 4.98 Å². The second-order valence-electron chi connectivity index (χ2n) is 7.63. The number of rotatable bonds is 5. The summed E-state index contributed by atoms with van der Waals surface area (Å²) in [5.41, 5.74) is 6.89. The number of amides is 1. The molecule has 2 unspecified atom stereocenters. The molecule has 1 aliphatic carbocycles. The average Bonchev–Trinajstić information content (AvgIpc) is 2.62. The molecule has 0 saturated heterocycles. The Hall–Kier alpha value is -2.24. The maximum absolute atomic E-state index is 13.2. The molecule has 6 heteroatoms. The number of nitrogens with two attached hydrogens (primary N) is 1. The SMILES string of the molecule is CC1=CC(C(N)=O)(C2CCC(CNc3cncc(F)c3)CC2)C(C)N=C1. The molecule has 2 atom stereocenters. The van der Waals surface area contributed by atoms with Crippen LogP contribution in [0.5, 0.6) is 0 Å². The predicted molar refractivity (Wildman–Crippen MR) is 101 cm³/mol. The second-order valence-corrected chi connectivity index (χ2v) is 7.63. The van der Waals surface area contributed by atoms with Crippen molar-refractivity contribution in [3.63, 3.8) is 0 Å². The van der Waals surface area contributed by atoms with Gasteiger partial charge in [-0.1, -0.05) is 6.08 Å². The maximum Gasteiger partial charge on any atom is 0.229 e. The van der Waals surface area contributed by atoms with Crippen LogP contribution < -0.4 is 11.1 Å². The van der Waals surface area contributed by atoms with Gasteiger partial charge in [-0.15, -0.1) is 0 Å². The van der Waals surface area contributed by atoms with E-state index >= 15 is 0 Å². The first-order chi connectivity index (χ1) is 12.4. The van der Waals surface area contributed by atoms with Crippen LogP contribution in [-0.4, -0.2) is 29.7 Å². The fourth-order valence-electron chi connectivity index (χ4n) is 4.44. The van der Waals surface area contributed by atoms with E-state index < -0.39 is 5.41 Å². The van der Waals surface area contributed by atoms with Crippen molar-refractivity contribution in [3.8, 4) is 0 Å². The van der Waals surface area contributed by atoms with Crippen LogP contribution >= 0.6 is 0 Å². The zero-order chi connectivity index (χ0) is 18.7. The Bertz CT molecular complexity index is 724. The number of dihydropyridines is 1. The number of nitrogens with zero attached hydrogens (tertiary/aromatic N) is 2. The van der Waals surface area contributed by atoms with Gasteiger partial charge in [-0.25, -0.2) is 4.39 Å². The third-order valence-corrected chi connectivity index (χ3v) is 5.91. The molecule has 1 aromatic heterocycles. The molecule has 0 bridgehead atoms. The largest absolute Gasteiger partial charge is 0.383 e. The number of halogens is 1. The standard InChI is InChI=1S/C20H27FN4O/c1-13-8-20(19(22)26,14(2)24-9-13)16-5-3-15(4-6-16)10-25-18-7-17(21)11-23-12-18/h7-9,11-12,14-16,25H,3-6,10H2,1-2H3,(H2,22,26). The molecule has 1 aromatic rings. The molecule has 2 aliphatic rings. The van der Waals surface area contributed by atoms with Gasteiger partial charge in [0.25, 0.3) is 0 Å². The van der Waals surface area contributed by atoms with E-state index in [9.17, 15) is 9.18 Å². The number of nitrogens with one attached hydrogen (secondary N) is 1. The third-order valence-electron chi connectivity index (χ3n) is 5.91. The van der Waals surface area contributed by atoms with Crippen LogP contribution in [0, 0.1) is 23.1 Å². The van der Waals surface area contributed by atoms with Gasteiger partial charge in [0.1, 0.15) is 5.82 Å². The summed E-state index contributed by atoms with van der Waals surface area (Å²) in [5, 5.41) is 3.27. The average molecular weight is 358 g/mol. The van der Waals surface area contributed by atoms with Crippen LogP contribution in [0.15, 0.2) is 35.1 Å².